The highest BCUT2D eigenvalue weighted by Gasteiger charge is 2.37. The highest BCUT2D eigenvalue weighted by Crippen LogP contribution is 2.47. The van der Waals surface area contributed by atoms with Gasteiger partial charge in [0.15, 0.2) is 0 Å². The number of hydrogen-bond donors (Lipinski definition) is 1. The van der Waals surface area contributed by atoms with Gasteiger partial charge in [0.1, 0.15) is 11.5 Å². The zero-order chi connectivity index (χ0) is 21.5. The van der Waals surface area contributed by atoms with E-state index in [1.807, 2.05) is 12.1 Å². The third-order valence-electron chi connectivity index (χ3n) is 5.63. The molecule has 0 aliphatic heterocycles. The van der Waals surface area contributed by atoms with E-state index in [1.54, 1.807) is 0 Å². The van der Waals surface area contributed by atoms with Crippen molar-refractivity contribution >= 4 is 21.4 Å². The molecule has 2 aliphatic rings. The van der Waals surface area contributed by atoms with Crippen LogP contribution in [0.2, 0.25) is 0 Å². The third kappa shape index (κ3) is 4.73. The Hall–Kier alpha value is -2.26. The van der Waals surface area contributed by atoms with E-state index in [1.165, 1.54) is 12.1 Å². The summed E-state index contributed by atoms with van der Waals surface area (Å²) >= 11 is 0. The molecule has 2 fully saturated rings. The molecule has 0 radical (unpaired) electrons. The largest absolute Gasteiger partial charge is 0.464 e. The molecule has 4 rings (SSSR count). The maximum Gasteiger partial charge on any atom is 0.341 e. The fraction of sp³-hybridized carbons (Fsp3) is 0.476. The summed E-state index contributed by atoms with van der Waals surface area (Å²) in [5.41, 5.74) is 0.354. The molecule has 1 aromatic carbocycles. The molecule has 0 saturated heterocycles. The molecule has 6 nitrogen and oxygen atoms in total. The number of hydrogen-bond acceptors (Lipinski definition) is 5. The Morgan fingerprint density at radius 1 is 1.20 bits per heavy atom. The number of halogens is 2. The van der Waals surface area contributed by atoms with Crippen LogP contribution in [-0.2, 0) is 21.2 Å². The zero-order valence-corrected chi connectivity index (χ0v) is 17.4. The molecule has 1 N–H and O–H groups in total. The van der Waals surface area contributed by atoms with Crippen LogP contribution in [0.5, 0.6) is 0 Å². The topological polar surface area (TPSA) is 79.6 Å². The van der Waals surface area contributed by atoms with Gasteiger partial charge in [-0.15, -0.1) is 0 Å². The molecule has 0 spiro atoms. The van der Waals surface area contributed by atoms with E-state index in [0.717, 1.165) is 42.9 Å². The van der Waals surface area contributed by atoms with Crippen LogP contribution in [-0.4, -0.2) is 37.6 Å². The molecule has 1 amide bonds. The van der Waals surface area contributed by atoms with Crippen LogP contribution in [0.25, 0.3) is 0 Å². The van der Waals surface area contributed by atoms with E-state index in [4.69, 9.17) is 4.42 Å². The number of amides is 1. The number of nitrogens with zero attached hydrogens (tertiary/aromatic N) is 1. The number of furan rings is 1. The molecular formula is C21H24F2N2O4S. The second-order valence-corrected chi connectivity index (χ2v) is 10.1. The first kappa shape index (κ1) is 21.0. The minimum Gasteiger partial charge on any atom is -0.464 e. The molecular weight excluding hydrogens is 414 g/mol. The lowest BCUT2D eigenvalue weighted by Gasteiger charge is -2.20. The van der Waals surface area contributed by atoms with Crippen molar-refractivity contribution in [2.75, 3.05) is 11.9 Å². The van der Waals surface area contributed by atoms with Gasteiger partial charge in [0.05, 0.1) is 18.0 Å². The van der Waals surface area contributed by atoms with Crippen molar-refractivity contribution < 1.29 is 26.4 Å². The van der Waals surface area contributed by atoms with Crippen molar-refractivity contribution in [2.24, 2.45) is 5.92 Å². The molecule has 2 unspecified atom stereocenters. The average molecular weight is 438 g/mol. The minimum absolute atomic E-state index is 0.164. The molecule has 2 saturated carbocycles. The van der Waals surface area contributed by atoms with Gasteiger partial charge in [0.2, 0.25) is 15.7 Å². The Morgan fingerprint density at radius 2 is 1.87 bits per heavy atom. The van der Waals surface area contributed by atoms with Gasteiger partial charge >= 0.3 is 5.76 Å². The van der Waals surface area contributed by atoms with Crippen LogP contribution in [0.4, 0.5) is 14.5 Å². The van der Waals surface area contributed by atoms with Crippen LogP contribution in [0.15, 0.2) is 45.7 Å². The van der Waals surface area contributed by atoms with Gasteiger partial charge in [0.25, 0.3) is 0 Å². The molecule has 2 aromatic rings. The number of rotatable bonds is 9. The predicted octanol–water partition coefficient (Wildman–Crippen LogP) is 4.00. The van der Waals surface area contributed by atoms with Crippen LogP contribution in [0, 0.1) is 5.92 Å². The lowest BCUT2D eigenvalue weighted by molar-refractivity contribution is -0.117. The lowest BCUT2D eigenvalue weighted by atomic mass is 10.3. The summed E-state index contributed by atoms with van der Waals surface area (Å²) in [4.78, 5) is 14.1. The summed E-state index contributed by atoms with van der Waals surface area (Å²) in [6, 6.07) is 9.08. The number of carbonyl (C=O) groups is 1. The van der Waals surface area contributed by atoms with E-state index in [-0.39, 0.29) is 12.5 Å². The predicted molar refractivity (Wildman–Crippen MR) is 107 cm³/mol. The number of alkyl halides is 2. The summed E-state index contributed by atoms with van der Waals surface area (Å²) < 4.78 is 54.1. The number of anilines is 1. The Kier molecular flexibility index (Phi) is 5.67. The standard InChI is InChI=1S/C21H24F2N2O4S/c1-13-10-18(13)19-9-6-16(29-19)11-25(15-4-5-15)12-20(26)24-14-2-7-17(8-3-14)30(27,28)21(22)23/h2-3,6-9,13,15,18,21H,4-5,10-12H2,1H3,(H,24,26). The van der Waals surface area contributed by atoms with Crippen LogP contribution in [0.1, 0.15) is 43.6 Å². The van der Waals surface area contributed by atoms with E-state index in [9.17, 15) is 22.0 Å². The quantitative estimate of drug-likeness (QED) is 0.640. The van der Waals surface area contributed by atoms with Gasteiger partial charge in [-0.2, -0.15) is 8.78 Å². The van der Waals surface area contributed by atoms with Gasteiger partial charge in [-0.1, -0.05) is 6.92 Å². The normalized spacial score (nSPS) is 21.2. The molecule has 30 heavy (non-hydrogen) atoms. The molecule has 1 heterocycles. The Labute approximate surface area is 174 Å². The first-order chi connectivity index (χ1) is 14.2. The molecule has 162 valence electrons. The molecule has 1 aromatic heterocycles. The summed E-state index contributed by atoms with van der Waals surface area (Å²) in [5, 5.41) is 2.69. The van der Waals surface area contributed by atoms with Gasteiger partial charge < -0.3 is 9.73 Å². The monoisotopic (exact) mass is 438 g/mol. The highest BCUT2D eigenvalue weighted by molar-refractivity contribution is 7.91. The summed E-state index contributed by atoms with van der Waals surface area (Å²) in [6.07, 6.45) is 3.21. The molecule has 0 bridgehead atoms. The van der Waals surface area contributed by atoms with Crippen molar-refractivity contribution in [1.82, 2.24) is 4.90 Å². The van der Waals surface area contributed by atoms with Crippen LogP contribution < -0.4 is 5.32 Å². The maximum atomic E-state index is 12.6. The Morgan fingerprint density at radius 3 is 2.43 bits per heavy atom. The fourth-order valence-corrected chi connectivity index (χ4v) is 4.29. The highest BCUT2D eigenvalue weighted by atomic mass is 32.2. The van der Waals surface area contributed by atoms with Crippen LogP contribution in [0.3, 0.4) is 0 Å². The van der Waals surface area contributed by atoms with Gasteiger partial charge in [0, 0.05) is 17.6 Å². The van der Waals surface area contributed by atoms with Crippen molar-refractivity contribution in [3.05, 3.63) is 47.9 Å². The molecule has 2 aliphatic carbocycles. The van der Waals surface area contributed by atoms with E-state index in [2.05, 4.69) is 17.1 Å². The lowest BCUT2D eigenvalue weighted by Crippen LogP contribution is -2.34. The van der Waals surface area contributed by atoms with Gasteiger partial charge in [-0.3, -0.25) is 9.69 Å². The van der Waals surface area contributed by atoms with Crippen molar-refractivity contribution in [2.45, 2.75) is 55.3 Å². The molecule has 9 heteroatoms. The first-order valence-corrected chi connectivity index (χ1v) is 11.5. The van der Waals surface area contributed by atoms with Crippen molar-refractivity contribution in [1.29, 1.82) is 0 Å². The van der Waals surface area contributed by atoms with Gasteiger partial charge in [-0.25, -0.2) is 8.42 Å². The third-order valence-corrected chi connectivity index (χ3v) is 7.03. The number of carbonyl (C=O) groups excluding carboxylic acids is 1. The Balaban J connectivity index is 1.35. The first-order valence-electron chi connectivity index (χ1n) is 9.98. The maximum absolute atomic E-state index is 12.6. The van der Waals surface area contributed by atoms with Crippen LogP contribution >= 0.6 is 0 Å². The molecule has 2 atom stereocenters. The summed E-state index contributed by atoms with van der Waals surface area (Å²) in [6.45, 7) is 2.91. The smallest absolute Gasteiger partial charge is 0.341 e. The summed E-state index contributed by atoms with van der Waals surface area (Å²) in [5.74, 6) is -0.712. The Bertz CT molecular complexity index is 1020. The van der Waals surface area contributed by atoms with E-state index >= 15 is 0 Å². The van der Waals surface area contributed by atoms with Crippen molar-refractivity contribution in [3.8, 4) is 0 Å². The van der Waals surface area contributed by atoms with Gasteiger partial charge in [-0.05, 0) is 61.6 Å². The second-order valence-electron chi connectivity index (χ2n) is 8.14. The van der Waals surface area contributed by atoms with E-state index in [0.29, 0.717) is 30.1 Å². The number of sulfone groups is 1. The fourth-order valence-electron chi connectivity index (χ4n) is 3.57. The zero-order valence-electron chi connectivity index (χ0n) is 16.6. The summed E-state index contributed by atoms with van der Waals surface area (Å²) in [7, 11) is -4.65. The van der Waals surface area contributed by atoms with Crippen molar-refractivity contribution in [3.63, 3.8) is 0 Å². The number of benzene rings is 1. The second kappa shape index (κ2) is 8.11. The SMILES string of the molecule is CC1CC1c1ccc(CN(CC(=O)Nc2ccc(S(=O)(=O)C(F)F)cc2)C2CC2)o1. The van der Waals surface area contributed by atoms with E-state index < -0.39 is 20.5 Å². The minimum atomic E-state index is -4.65. The number of nitrogens with one attached hydrogen (secondary N) is 1. The average Bonchev–Trinajstić information content (AvgIpc) is 3.61.